The molecular weight excluding hydrogens is 821 g/mol. The lowest BCUT2D eigenvalue weighted by molar-refractivity contribution is -0.270. The lowest BCUT2D eigenvalue weighted by Crippen LogP contribution is -2.48. The summed E-state index contributed by atoms with van der Waals surface area (Å²) >= 11 is 0. The first-order valence-electron chi connectivity index (χ1n) is 22.1. The van der Waals surface area contributed by atoms with E-state index in [2.05, 4.69) is 0 Å². The molecule has 0 saturated carbocycles. The first-order valence-corrected chi connectivity index (χ1v) is 22.1. The number of hydrogen-bond acceptors (Lipinski definition) is 15. The number of aliphatic carboxylic acids is 1. The number of carboxylic acids is 1. The number of cyclic esters (lactones) is 1. The van der Waals surface area contributed by atoms with Crippen LogP contribution in [0.3, 0.4) is 0 Å². The molecular formula is C47H76O16. The predicted octanol–water partition coefficient (Wildman–Crippen LogP) is 3.18. The van der Waals surface area contributed by atoms with Crippen molar-refractivity contribution in [1.82, 2.24) is 0 Å². The van der Waals surface area contributed by atoms with Gasteiger partial charge in [-0.15, -0.1) is 0 Å². The van der Waals surface area contributed by atoms with Gasteiger partial charge in [-0.25, -0.2) is 0 Å². The standard InChI is InChI=1S/C45H70O16.C2H6/c1-30-29-59-42(54)26-34(47)24-33(46)19-21-38(50)40(52)25-35(48)28-45(57,58)23-22-32(43(55)56)18-20-36(61-44-41(53)27-39(51)31(2)60-44)16-14-12-10-8-6-4-3-5-7-9-11-13-15-17-37(30)49;1-2/h3-16,30-41,44,46-53,57-58H,17-29H2,1-2H3,(H,55,56);1-2H3/b4-3+,7-5+,8-6+,11-9+,12-10+,15-13+,16-14+;/t30?,31?,32-,33+,34+,35-,36-,37+,38+,39?,40+,41?,44?;/m0./s1. The van der Waals surface area contributed by atoms with Gasteiger partial charge in [-0.05, 0) is 51.9 Å². The Balaban J connectivity index is 0.00000977. The number of aliphatic hydroxyl groups is 10. The minimum atomic E-state index is -2.53. The third-order valence-corrected chi connectivity index (χ3v) is 10.5. The van der Waals surface area contributed by atoms with Gasteiger partial charge in [-0.1, -0.05) is 106 Å². The molecule has 16 nitrogen and oxygen atoms in total. The summed E-state index contributed by atoms with van der Waals surface area (Å²) in [5.41, 5.74) is 0. The highest BCUT2D eigenvalue weighted by atomic mass is 16.7. The van der Waals surface area contributed by atoms with Crippen molar-refractivity contribution in [1.29, 1.82) is 0 Å². The number of hydrogen-bond donors (Lipinski definition) is 11. The fourth-order valence-electron chi connectivity index (χ4n) is 6.62. The van der Waals surface area contributed by atoms with Crippen LogP contribution in [0.4, 0.5) is 0 Å². The van der Waals surface area contributed by atoms with Gasteiger partial charge in [0.15, 0.2) is 12.1 Å². The van der Waals surface area contributed by atoms with E-state index < -0.39 is 117 Å². The lowest BCUT2D eigenvalue weighted by Gasteiger charge is -2.36. The molecule has 0 aromatic carbocycles. The molecule has 0 aromatic heterocycles. The summed E-state index contributed by atoms with van der Waals surface area (Å²) < 4.78 is 16.9. The van der Waals surface area contributed by atoms with E-state index >= 15 is 0 Å². The number of ether oxygens (including phenoxy) is 3. The van der Waals surface area contributed by atoms with Gasteiger partial charge in [0.2, 0.25) is 0 Å². The molecule has 2 rings (SSSR count). The van der Waals surface area contributed by atoms with Crippen LogP contribution in [0.2, 0.25) is 0 Å². The maximum Gasteiger partial charge on any atom is 0.308 e. The van der Waals surface area contributed by atoms with Crippen LogP contribution < -0.4 is 0 Å². The molecule has 0 aromatic rings. The maximum atomic E-state index is 12.3. The topological polar surface area (TPSA) is 284 Å². The largest absolute Gasteiger partial charge is 0.481 e. The van der Waals surface area contributed by atoms with Gasteiger partial charge in [0.05, 0.1) is 73.9 Å². The van der Waals surface area contributed by atoms with Crippen molar-refractivity contribution in [3.05, 3.63) is 85.1 Å². The molecule has 360 valence electrons. The van der Waals surface area contributed by atoms with Crippen molar-refractivity contribution < 1.29 is 80.0 Å². The van der Waals surface area contributed by atoms with Gasteiger partial charge < -0.3 is 70.4 Å². The van der Waals surface area contributed by atoms with Gasteiger partial charge in [-0.2, -0.15) is 0 Å². The summed E-state index contributed by atoms with van der Waals surface area (Å²) in [6.07, 6.45) is 10.6. The molecule has 0 aliphatic carbocycles. The fraction of sp³-hybridized carbons (Fsp3) is 0.660. The molecule has 1 fully saturated rings. The van der Waals surface area contributed by atoms with Crippen molar-refractivity contribution >= 4 is 11.9 Å². The average molecular weight is 897 g/mol. The normalized spacial score (nSPS) is 38.3. The smallest absolute Gasteiger partial charge is 0.308 e. The Kier molecular flexibility index (Phi) is 29.6. The van der Waals surface area contributed by atoms with Crippen LogP contribution in [0.15, 0.2) is 85.1 Å². The first-order chi connectivity index (χ1) is 29.9. The molecule has 11 N–H and O–H groups in total. The van der Waals surface area contributed by atoms with E-state index in [1.807, 2.05) is 44.2 Å². The molecule has 13 atom stereocenters. The summed E-state index contributed by atoms with van der Waals surface area (Å²) in [5.74, 6) is -5.90. The molecule has 63 heavy (non-hydrogen) atoms. The Labute approximate surface area is 372 Å². The second-order valence-electron chi connectivity index (χ2n) is 16.1. The van der Waals surface area contributed by atoms with Gasteiger partial charge in [-0.3, -0.25) is 9.59 Å². The van der Waals surface area contributed by atoms with Crippen LogP contribution in [0.5, 0.6) is 0 Å². The Bertz CT molecular complexity index is 1470. The number of allylic oxidation sites excluding steroid dienone is 12. The van der Waals surface area contributed by atoms with Crippen LogP contribution >= 0.6 is 0 Å². The lowest BCUT2D eigenvalue weighted by atomic mass is 9.90. The summed E-state index contributed by atoms with van der Waals surface area (Å²) in [6.45, 7) is 7.28. The van der Waals surface area contributed by atoms with E-state index in [1.165, 1.54) is 0 Å². The summed E-state index contributed by atoms with van der Waals surface area (Å²) in [6, 6.07) is 0. The van der Waals surface area contributed by atoms with Gasteiger partial charge in [0.25, 0.3) is 0 Å². The molecule has 2 heterocycles. The first kappa shape index (κ1) is 57.7. The van der Waals surface area contributed by atoms with Crippen molar-refractivity contribution in [2.24, 2.45) is 11.8 Å². The molecule has 5 unspecified atom stereocenters. The van der Waals surface area contributed by atoms with Crippen LogP contribution in [0.25, 0.3) is 0 Å². The quantitative estimate of drug-likeness (QED) is 0.143. The van der Waals surface area contributed by atoms with Crippen molar-refractivity contribution in [2.45, 2.75) is 178 Å². The SMILES string of the molecule is CC.CC1OC(O[C@H]2/C=C/C=C/C=C/C=C/C=C/C=C/C=C/C[C@@H](O)C(C)COC(=O)C[C@H](O)C[C@H](O)CC[C@@H](O)[C@H](O)C[C@H](O)CC(O)(O)CC[C@@H](C(=O)O)CC2)C(O)CC1O. The number of carbonyl (C=O) groups excluding carboxylic acids is 1. The van der Waals surface area contributed by atoms with E-state index in [0.29, 0.717) is 6.42 Å². The Morgan fingerprint density at radius 3 is 1.84 bits per heavy atom. The maximum absolute atomic E-state index is 12.3. The Morgan fingerprint density at radius 2 is 1.24 bits per heavy atom. The highest BCUT2D eigenvalue weighted by molar-refractivity contribution is 5.70. The Morgan fingerprint density at radius 1 is 0.651 bits per heavy atom. The van der Waals surface area contributed by atoms with Crippen LogP contribution in [0, 0.1) is 11.8 Å². The van der Waals surface area contributed by atoms with E-state index in [1.54, 1.807) is 68.5 Å². The monoisotopic (exact) mass is 897 g/mol. The molecule has 0 spiro atoms. The fourth-order valence-corrected chi connectivity index (χ4v) is 6.62. The number of rotatable bonds is 3. The van der Waals surface area contributed by atoms with Gasteiger partial charge >= 0.3 is 11.9 Å². The summed E-state index contributed by atoms with van der Waals surface area (Å²) in [7, 11) is 0. The summed E-state index contributed by atoms with van der Waals surface area (Å²) in [5, 5.41) is 114. The predicted molar refractivity (Wildman–Crippen MR) is 236 cm³/mol. The van der Waals surface area contributed by atoms with Gasteiger partial charge in [0.1, 0.15) is 6.10 Å². The second kappa shape index (κ2) is 32.3. The number of aliphatic hydroxyl groups excluding tert-OH is 8. The zero-order valence-electron chi connectivity index (χ0n) is 37.2. The van der Waals surface area contributed by atoms with Crippen LogP contribution in [0.1, 0.15) is 105 Å². The van der Waals surface area contributed by atoms with Crippen molar-refractivity contribution in [3.8, 4) is 0 Å². The molecule has 16 heteroatoms. The number of carboxylic acid groups (broad SMARTS) is 1. The minimum absolute atomic E-state index is 0.0246. The molecule has 2 aliphatic heterocycles. The molecule has 0 amide bonds. The summed E-state index contributed by atoms with van der Waals surface area (Å²) in [4.78, 5) is 24.5. The minimum Gasteiger partial charge on any atom is -0.481 e. The van der Waals surface area contributed by atoms with E-state index in [9.17, 15) is 65.8 Å². The third kappa shape index (κ3) is 26.3. The van der Waals surface area contributed by atoms with E-state index in [4.69, 9.17) is 14.2 Å². The van der Waals surface area contributed by atoms with Crippen LogP contribution in [-0.4, -0.2) is 148 Å². The zero-order valence-corrected chi connectivity index (χ0v) is 37.2. The third-order valence-electron chi connectivity index (χ3n) is 10.5. The highest BCUT2D eigenvalue weighted by Crippen LogP contribution is 2.28. The highest BCUT2D eigenvalue weighted by Gasteiger charge is 2.36. The average Bonchev–Trinajstić information content (AvgIpc) is 3.21. The van der Waals surface area contributed by atoms with E-state index in [-0.39, 0.29) is 57.5 Å². The second-order valence-corrected chi connectivity index (χ2v) is 16.1. The molecule has 2 aliphatic rings. The number of carbonyl (C=O) groups is 2. The van der Waals surface area contributed by atoms with Crippen molar-refractivity contribution in [2.75, 3.05) is 6.61 Å². The molecule has 1 saturated heterocycles. The Hall–Kier alpha value is -3.36. The van der Waals surface area contributed by atoms with Crippen LogP contribution in [-0.2, 0) is 23.8 Å². The van der Waals surface area contributed by atoms with Gasteiger partial charge in [0, 0.05) is 31.6 Å². The molecule has 0 radical (unpaired) electrons. The van der Waals surface area contributed by atoms with Crippen molar-refractivity contribution in [3.63, 3.8) is 0 Å². The molecule has 0 bridgehead atoms. The number of esters is 1. The van der Waals surface area contributed by atoms with E-state index in [0.717, 1.165) is 0 Å². The zero-order chi connectivity index (χ0) is 47.4.